The van der Waals surface area contributed by atoms with E-state index in [1.165, 1.54) is 12.7 Å². The van der Waals surface area contributed by atoms with Crippen molar-refractivity contribution in [3.8, 4) is 5.75 Å². The Balaban J connectivity index is 2.04. The minimum Gasteiger partial charge on any atom is -0.496 e. The van der Waals surface area contributed by atoms with Gasteiger partial charge in [-0.05, 0) is 30.0 Å². The average Bonchev–Trinajstić information content (AvgIpc) is 2.72. The van der Waals surface area contributed by atoms with Crippen molar-refractivity contribution in [3.63, 3.8) is 0 Å². The largest absolute Gasteiger partial charge is 0.496 e. The molecule has 0 heterocycles. The van der Waals surface area contributed by atoms with Crippen LogP contribution in [-0.4, -0.2) is 31.5 Å². The number of para-hydroxylation sites is 1. The molecule has 0 saturated carbocycles. The predicted molar refractivity (Wildman–Crippen MR) is 112 cm³/mol. The summed E-state index contributed by atoms with van der Waals surface area (Å²) in [6, 6.07) is 16.5. The van der Waals surface area contributed by atoms with E-state index in [9.17, 15) is 9.59 Å². The van der Waals surface area contributed by atoms with Crippen molar-refractivity contribution in [3.05, 3.63) is 65.7 Å². The molecular formula is C23H30N2O3. The highest BCUT2D eigenvalue weighted by atomic mass is 16.5. The average molecular weight is 383 g/mol. The molecule has 5 nitrogen and oxygen atoms in total. The molecule has 2 amide bonds. The molecule has 0 aliphatic rings. The number of hydrogen-bond acceptors (Lipinski definition) is 3. The summed E-state index contributed by atoms with van der Waals surface area (Å²) in [6.07, 6.45) is 0.921. The summed E-state index contributed by atoms with van der Waals surface area (Å²) in [6.45, 7) is 6.48. The van der Waals surface area contributed by atoms with Crippen molar-refractivity contribution in [2.45, 2.75) is 39.2 Å². The van der Waals surface area contributed by atoms with Crippen molar-refractivity contribution in [2.24, 2.45) is 5.92 Å². The molecule has 0 spiro atoms. The van der Waals surface area contributed by atoms with E-state index in [-0.39, 0.29) is 23.7 Å². The Hall–Kier alpha value is -2.82. The molecule has 2 aromatic rings. The van der Waals surface area contributed by atoms with Crippen molar-refractivity contribution in [1.29, 1.82) is 0 Å². The van der Waals surface area contributed by atoms with Gasteiger partial charge in [0.25, 0.3) is 5.91 Å². The quantitative estimate of drug-likeness (QED) is 0.694. The Kier molecular flexibility index (Phi) is 8.05. The molecule has 2 N–H and O–H groups in total. The second kappa shape index (κ2) is 10.5. The first-order valence-electron chi connectivity index (χ1n) is 9.74. The SMILES string of the molecule is CCC(CNC(=O)[C@@H](NC(=O)c1ccccc1OC)C(C)C)c1ccccc1. The zero-order valence-electron chi connectivity index (χ0n) is 17.1. The van der Waals surface area contributed by atoms with Gasteiger partial charge in [0.15, 0.2) is 0 Å². The molecule has 0 aliphatic heterocycles. The molecule has 0 fully saturated rings. The lowest BCUT2D eigenvalue weighted by molar-refractivity contribution is -0.124. The highest BCUT2D eigenvalue weighted by molar-refractivity contribution is 5.99. The van der Waals surface area contributed by atoms with Gasteiger partial charge in [-0.1, -0.05) is 63.2 Å². The predicted octanol–water partition coefficient (Wildman–Crippen LogP) is 3.76. The highest BCUT2D eigenvalue weighted by Crippen LogP contribution is 2.19. The van der Waals surface area contributed by atoms with Gasteiger partial charge in [0, 0.05) is 12.5 Å². The van der Waals surface area contributed by atoms with Gasteiger partial charge in [0.1, 0.15) is 11.8 Å². The van der Waals surface area contributed by atoms with Crippen LogP contribution < -0.4 is 15.4 Å². The summed E-state index contributed by atoms with van der Waals surface area (Å²) in [5.41, 5.74) is 1.61. The Labute approximate surface area is 167 Å². The fourth-order valence-electron chi connectivity index (χ4n) is 3.14. The highest BCUT2D eigenvalue weighted by Gasteiger charge is 2.26. The summed E-state index contributed by atoms with van der Waals surface area (Å²) in [5.74, 6) is 0.186. The Morgan fingerprint density at radius 1 is 1.00 bits per heavy atom. The Bertz CT molecular complexity index is 774. The van der Waals surface area contributed by atoms with Crippen LogP contribution >= 0.6 is 0 Å². The van der Waals surface area contributed by atoms with E-state index in [0.717, 1.165) is 6.42 Å². The van der Waals surface area contributed by atoms with Crippen molar-refractivity contribution >= 4 is 11.8 Å². The third-order valence-corrected chi connectivity index (χ3v) is 4.87. The number of amides is 2. The molecule has 0 aromatic heterocycles. The van der Waals surface area contributed by atoms with Crippen LogP contribution in [0.2, 0.25) is 0 Å². The topological polar surface area (TPSA) is 67.4 Å². The van der Waals surface area contributed by atoms with Crippen molar-refractivity contribution in [1.82, 2.24) is 10.6 Å². The molecule has 2 rings (SSSR count). The summed E-state index contributed by atoms with van der Waals surface area (Å²) in [7, 11) is 1.52. The zero-order valence-corrected chi connectivity index (χ0v) is 17.1. The van der Waals surface area contributed by atoms with E-state index in [1.807, 2.05) is 32.0 Å². The minimum absolute atomic E-state index is 0.0459. The van der Waals surface area contributed by atoms with Crippen LogP contribution in [0.3, 0.4) is 0 Å². The maximum absolute atomic E-state index is 12.8. The van der Waals surface area contributed by atoms with Crippen molar-refractivity contribution < 1.29 is 14.3 Å². The maximum Gasteiger partial charge on any atom is 0.255 e. The standard InChI is InChI=1S/C23H30N2O3/c1-5-17(18-11-7-6-8-12-18)15-24-23(27)21(16(2)3)25-22(26)19-13-9-10-14-20(19)28-4/h6-14,16-17,21H,5,15H2,1-4H3,(H,24,27)(H,25,26)/t17?,21-/m0/s1. The first-order chi connectivity index (χ1) is 13.5. The molecule has 2 aromatic carbocycles. The van der Waals surface area contributed by atoms with E-state index in [1.54, 1.807) is 24.3 Å². The van der Waals surface area contributed by atoms with E-state index in [4.69, 9.17) is 4.74 Å². The van der Waals surface area contributed by atoms with Gasteiger partial charge in [-0.2, -0.15) is 0 Å². The van der Waals surface area contributed by atoms with Crippen LogP contribution in [-0.2, 0) is 4.79 Å². The van der Waals surface area contributed by atoms with Gasteiger partial charge in [-0.15, -0.1) is 0 Å². The van der Waals surface area contributed by atoms with Crippen LogP contribution in [0.25, 0.3) is 0 Å². The molecule has 28 heavy (non-hydrogen) atoms. The molecule has 5 heteroatoms. The van der Waals surface area contributed by atoms with Gasteiger partial charge in [-0.25, -0.2) is 0 Å². The molecule has 150 valence electrons. The fourth-order valence-corrected chi connectivity index (χ4v) is 3.14. The lowest BCUT2D eigenvalue weighted by Gasteiger charge is -2.24. The minimum atomic E-state index is -0.620. The van der Waals surface area contributed by atoms with Crippen LogP contribution in [0.5, 0.6) is 5.75 Å². The van der Waals surface area contributed by atoms with E-state index < -0.39 is 6.04 Å². The first kappa shape index (κ1) is 21.5. The molecule has 0 saturated heterocycles. The number of rotatable bonds is 9. The molecule has 0 radical (unpaired) electrons. The summed E-state index contributed by atoms with van der Waals surface area (Å²) >= 11 is 0. The summed E-state index contributed by atoms with van der Waals surface area (Å²) < 4.78 is 5.25. The van der Waals surface area contributed by atoms with E-state index in [2.05, 4.69) is 29.7 Å². The number of carbonyl (C=O) groups excluding carboxylic acids is 2. The third-order valence-electron chi connectivity index (χ3n) is 4.87. The first-order valence-corrected chi connectivity index (χ1v) is 9.74. The van der Waals surface area contributed by atoms with Crippen molar-refractivity contribution in [2.75, 3.05) is 13.7 Å². The number of benzene rings is 2. The van der Waals surface area contributed by atoms with Gasteiger partial charge in [-0.3, -0.25) is 9.59 Å². The number of hydrogen-bond donors (Lipinski definition) is 2. The molecule has 2 atom stereocenters. The lowest BCUT2D eigenvalue weighted by atomic mass is 9.96. The van der Waals surface area contributed by atoms with Gasteiger partial charge < -0.3 is 15.4 Å². The monoisotopic (exact) mass is 382 g/mol. The second-order valence-corrected chi connectivity index (χ2v) is 7.16. The van der Waals surface area contributed by atoms with Gasteiger partial charge >= 0.3 is 0 Å². The van der Waals surface area contributed by atoms with Crippen LogP contribution in [0.15, 0.2) is 54.6 Å². The molecule has 0 aliphatic carbocycles. The normalized spacial score (nSPS) is 12.9. The Morgan fingerprint density at radius 3 is 2.25 bits per heavy atom. The summed E-state index contributed by atoms with van der Waals surface area (Å²) in [4.78, 5) is 25.5. The summed E-state index contributed by atoms with van der Waals surface area (Å²) in [5, 5.41) is 5.87. The van der Waals surface area contributed by atoms with E-state index in [0.29, 0.717) is 17.9 Å². The van der Waals surface area contributed by atoms with E-state index >= 15 is 0 Å². The fraction of sp³-hybridized carbons (Fsp3) is 0.391. The lowest BCUT2D eigenvalue weighted by Crippen LogP contribution is -2.50. The number of nitrogens with one attached hydrogen (secondary N) is 2. The van der Waals surface area contributed by atoms with Gasteiger partial charge in [0.2, 0.25) is 5.91 Å². The van der Waals surface area contributed by atoms with Crippen LogP contribution in [0.4, 0.5) is 0 Å². The second-order valence-electron chi connectivity index (χ2n) is 7.16. The third kappa shape index (κ3) is 5.59. The van der Waals surface area contributed by atoms with Gasteiger partial charge in [0.05, 0.1) is 12.7 Å². The van der Waals surface area contributed by atoms with Crippen LogP contribution in [0, 0.1) is 5.92 Å². The Morgan fingerprint density at radius 2 is 1.64 bits per heavy atom. The zero-order chi connectivity index (χ0) is 20.5. The smallest absolute Gasteiger partial charge is 0.255 e. The maximum atomic E-state index is 12.8. The van der Waals surface area contributed by atoms with Crippen LogP contribution in [0.1, 0.15) is 49.0 Å². The number of ether oxygens (including phenoxy) is 1. The number of carbonyl (C=O) groups is 2. The molecule has 0 bridgehead atoms. The molecule has 1 unspecified atom stereocenters. The molecular weight excluding hydrogens is 352 g/mol. The number of methoxy groups -OCH3 is 1.